The van der Waals surface area contributed by atoms with Crippen LogP contribution < -0.4 is 9.47 Å². The van der Waals surface area contributed by atoms with Gasteiger partial charge in [0.05, 0.1) is 30.3 Å². The van der Waals surface area contributed by atoms with Crippen molar-refractivity contribution in [3.8, 4) is 11.5 Å². The summed E-state index contributed by atoms with van der Waals surface area (Å²) in [6.45, 7) is 5.52. The van der Waals surface area contributed by atoms with Gasteiger partial charge in [0.15, 0.2) is 11.5 Å². The Morgan fingerprint density at radius 3 is 2.75 bits per heavy atom. The first-order valence-corrected chi connectivity index (χ1v) is 8.27. The molecule has 0 amide bonds. The Morgan fingerprint density at radius 2 is 2.08 bits per heavy atom. The lowest BCUT2D eigenvalue weighted by Crippen LogP contribution is -2.12. The molecule has 0 radical (unpaired) electrons. The molecule has 0 saturated carbocycles. The summed E-state index contributed by atoms with van der Waals surface area (Å²) in [4.78, 5) is 12.2. The molecule has 0 bridgehead atoms. The lowest BCUT2D eigenvalue weighted by atomic mass is 10.2. The largest absolute Gasteiger partial charge is 0.490 e. The number of carbonyl (C=O) groups is 1. The molecular weight excluding hydrogens is 332 g/mol. The highest BCUT2D eigenvalue weighted by molar-refractivity contribution is 6.32. The number of aromatic nitrogens is 2. The average molecular weight is 353 g/mol. The van der Waals surface area contributed by atoms with Crippen LogP contribution in [0, 0.1) is 0 Å². The maximum atomic E-state index is 12.2. The Hall–Kier alpha value is -2.21. The minimum absolute atomic E-state index is 0.218. The number of esters is 1. The molecule has 0 spiro atoms. The van der Waals surface area contributed by atoms with Crippen molar-refractivity contribution >= 4 is 17.6 Å². The zero-order chi connectivity index (χ0) is 17.4. The predicted octanol–water partition coefficient (Wildman–Crippen LogP) is 3.58. The molecule has 24 heavy (non-hydrogen) atoms. The van der Waals surface area contributed by atoms with Crippen LogP contribution in [0.3, 0.4) is 0 Å². The number of ether oxygens (including phenoxy) is 3. The smallest absolute Gasteiger partial charge is 0.338 e. The van der Waals surface area contributed by atoms with E-state index in [1.54, 1.807) is 23.1 Å². The fraction of sp³-hybridized carbons (Fsp3) is 0.412. The van der Waals surface area contributed by atoms with Gasteiger partial charge < -0.3 is 14.2 Å². The second-order valence-corrected chi connectivity index (χ2v) is 5.38. The first kappa shape index (κ1) is 18.1. The fourth-order valence-electron chi connectivity index (χ4n) is 2.04. The number of rotatable bonds is 9. The predicted molar refractivity (Wildman–Crippen MR) is 90.9 cm³/mol. The van der Waals surface area contributed by atoms with Crippen molar-refractivity contribution < 1.29 is 19.0 Å². The van der Waals surface area contributed by atoms with Crippen LogP contribution >= 0.6 is 11.6 Å². The van der Waals surface area contributed by atoms with Crippen molar-refractivity contribution in [3.63, 3.8) is 0 Å². The van der Waals surface area contributed by atoms with Gasteiger partial charge in [0.1, 0.15) is 6.61 Å². The summed E-state index contributed by atoms with van der Waals surface area (Å²) in [6, 6.07) is 4.94. The van der Waals surface area contributed by atoms with Gasteiger partial charge in [-0.15, -0.1) is 0 Å². The Bertz CT molecular complexity index is 659. The number of hydrogen-bond donors (Lipinski definition) is 0. The molecule has 0 unspecified atom stereocenters. The summed E-state index contributed by atoms with van der Waals surface area (Å²) in [5, 5.41) is 4.37. The van der Waals surface area contributed by atoms with Crippen LogP contribution in [0.4, 0.5) is 0 Å². The molecule has 1 aromatic carbocycles. The number of halogens is 1. The SMILES string of the molecule is CCCOc1c(Cl)cc(C(=O)OCCn2cccn2)cc1OCC. The zero-order valence-corrected chi connectivity index (χ0v) is 14.6. The van der Waals surface area contributed by atoms with E-state index >= 15 is 0 Å². The van der Waals surface area contributed by atoms with Gasteiger partial charge in [-0.2, -0.15) is 5.10 Å². The highest BCUT2D eigenvalue weighted by atomic mass is 35.5. The van der Waals surface area contributed by atoms with Crippen molar-refractivity contribution in [2.24, 2.45) is 0 Å². The molecule has 0 saturated heterocycles. The van der Waals surface area contributed by atoms with Gasteiger partial charge in [-0.25, -0.2) is 4.79 Å². The molecule has 1 aromatic heterocycles. The van der Waals surface area contributed by atoms with E-state index in [2.05, 4.69) is 5.10 Å². The molecule has 1 heterocycles. The second kappa shape index (κ2) is 9.17. The van der Waals surface area contributed by atoms with Crippen LogP contribution in [0.1, 0.15) is 30.6 Å². The second-order valence-electron chi connectivity index (χ2n) is 4.97. The van der Waals surface area contributed by atoms with Gasteiger partial charge in [0.25, 0.3) is 0 Å². The summed E-state index contributed by atoms with van der Waals surface area (Å²) in [5.41, 5.74) is 0.327. The molecule has 0 atom stereocenters. The van der Waals surface area contributed by atoms with Crippen LogP contribution in [-0.2, 0) is 11.3 Å². The van der Waals surface area contributed by atoms with Crippen molar-refractivity contribution in [1.29, 1.82) is 0 Å². The lowest BCUT2D eigenvalue weighted by molar-refractivity contribution is 0.0487. The Morgan fingerprint density at radius 1 is 1.25 bits per heavy atom. The number of benzene rings is 1. The first-order chi connectivity index (χ1) is 11.7. The maximum Gasteiger partial charge on any atom is 0.338 e. The van der Waals surface area contributed by atoms with E-state index in [1.165, 1.54) is 6.07 Å². The van der Waals surface area contributed by atoms with E-state index in [0.29, 0.717) is 41.8 Å². The van der Waals surface area contributed by atoms with Crippen molar-refractivity contribution in [2.45, 2.75) is 26.8 Å². The Kier molecular flexibility index (Phi) is 6.93. The van der Waals surface area contributed by atoms with Crippen LogP contribution in [0.5, 0.6) is 11.5 Å². The van der Waals surface area contributed by atoms with Crippen LogP contribution in [0.15, 0.2) is 30.6 Å². The molecule has 130 valence electrons. The molecule has 0 aliphatic rings. The molecule has 0 aliphatic heterocycles. The summed E-state index contributed by atoms with van der Waals surface area (Å²) < 4.78 is 18.1. The fourth-order valence-corrected chi connectivity index (χ4v) is 2.31. The summed E-state index contributed by atoms with van der Waals surface area (Å²) in [5.74, 6) is 0.429. The standard InChI is InChI=1S/C17H21ClN2O4/c1-3-9-23-16-14(18)11-13(12-15(16)22-4-2)17(21)24-10-8-20-7-5-6-19-20/h5-7,11-12H,3-4,8-10H2,1-2H3. The normalized spacial score (nSPS) is 10.5. The van der Waals surface area contributed by atoms with Gasteiger partial charge in [0.2, 0.25) is 0 Å². The zero-order valence-electron chi connectivity index (χ0n) is 13.8. The lowest BCUT2D eigenvalue weighted by Gasteiger charge is -2.14. The monoisotopic (exact) mass is 352 g/mol. The van der Waals surface area contributed by atoms with Crippen molar-refractivity contribution in [3.05, 3.63) is 41.2 Å². The average Bonchev–Trinajstić information content (AvgIpc) is 3.07. The maximum absolute atomic E-state index is 12.2. The van der Waals surface area contributed by atoms with E-state index in [0.717, 1.165) is 6.42 Å². The Balaban J connectivity index is 2.06. The van der Waals surface area contributed by atoms with E-state index in [1.807, 2.05) is 19.9 Å². The topological polar surface area (TPSA) is 62.6 Å². The first-order valence-electron chi connectivity index (χ1n) is 7.89. The van der Waals surface area contributed by atoms with Crippen molar-refractivity contribution in [1.82, 2.24) is 9.78 Å². The van der Waals surface area contributed by atoms with E-state index in [4.69, 9.17) is 25.8 Å². The van der Waals surface area contributed by atoms with Gasteiger partial charge in [-0.1, -0.05) is 18.5 Å². The molecule has 2 rings (SSSR count). The van der Waals surface area contributed by atoms with E-state index < -0.39 is 5.97 Å². The molecule has 0 N–H and O–H groups in total. The molecular formula is C17H21ClN2O4. The quantitative estimate of drug-likeness (QED) is 0.645. The number of carbonyl (C=O) groups excluding carboxylic acids is 1. The van der Waals surface area contributed by atoms with E-state index in [9.17, 15) is 4.79 Å². The summed E-state index contributed by atoms with van der Waals surface area (Å²) >= 11 is 6.24. The highest BCUT2D eigenvalue weighted by Gasteiger charge is 2.17. The molecule has 7 heteroatoms. The third kappa shape index (κ3) is 4.89. The number of hydrogen-bond acceptors (Lipinski definition) is 5. The van der Waals surface area contributed by atoms with Gasteiger partial charge in [-0.3, -0.25) is 4.68 Å². The number of nitrogens with zero attached hydrogens (tertiary/aromatic N) is 2. The molecule has 0 fully saturated rings. The van der Waals surface area contributed by atoms with Crippen LogP contribution in [0.25, 0.3) is 0 Å². The van der Waals surface area contributed by atoms with Gasteiger partial charge in [-0.05, 0) is 31.5 Å². The molecule has 2 aromatic rings. The van der Waals surface area contributed by atoms with Crippen LogP contribution in [0.2, 0.25) is 5.02 Å². The minimum atomic E-state index is -0.466. The van der Waals surface area contributed by atoms with E-state index in [-0.39, 0.29) is 6.61 Å². The third-order valence-corrected chi connectivity index (χ3v) is 3.39. The van der Waals surface area contributed by atoms with Crippen LogP contribution in [-0.4, -0.2) is 35.6 Å². The van der Waals surface area contributed by atoms with Crippen molar-refractivity contribution in [2.75, 3.05) is 19.8 Å². The van der Waals surface area contributed by atoms with Gasteiger partial charge in [0, 0.05) is 12.4 Å². The minimum Gasteiger partial charge on any atom is -0.490 e. The summed E-state index contributed by atoms with van der Waals surface area (Å²) in [7, 11) is 0. The molecule has 0 aliphatic carbocycles. The highest BCUT2D eigenvalue weighted by Crippen LogP contribution is 2.37. The van der Waals surface area contributed by atoms with Gasteiger partial charge >= 0.3 is 5.97 Å². The molecule has 6 nitrogen and oxygen atoms in total. The third-order valence-electron chi connectivity index (χ3n) is 3.11. The Labute approximate surface area is 146 Å². The summed E-state index contributed by atoms with van der Waals surface area (Å²) in [6.07, 6.45) is 4.32.